The van der Waals surface area contributed by atoms with E-state index in [2.05, 4.69) is 27.4 Å². The number of anilines is 1. The predicted octanol–water partition coefficient (Wildman–Crippen LogP) is 3.19. The molecule has 1 unspecified atom stereocenters. The number of thioether (sulfide) groups is 1. The van der Waals surface area contributed by atoms with Crippen molar-refractivity contribution in [3.63, 3.8) is 0 Å². The number of hydrogen-bond acceptors (Lipinski definition) is 6. The molecule has 0 radical (unpaired) electrons. The van der Waals surface area contributed by atoms with E-state index < -0.39 is 5.72 Å². The van der Waals surface area contributed by atoms with Gasteiger partial charge < -0.3 is 10.1 Å². The van der Waals surface area contributed by atoms with Crippen LogP contribution in [0.1, 0.15) is 20.3 Å². The predicted molar refractivity (Wildman–Crippen MR) is 80.0 cm³/mol. The second-order valence-corrected chi connectivity index (χ2v) is 5.58. The number of rotatable bonds is 2. The molecule has 0 spiro atoms. The number of fused-ring (bicyclic) bond motifs is 3. The van der Waals surface area contributed by atoms with Crippen molar-refractivity contribution in [3.05, 3.63) is 24.3 Å². The first kappa shape index (κ1) is 13.2. The Kier molecular flexibility index (Phi) is 3.25. The number of hydrogen-bond donors (Lipinski definition) is 1. The maximum absolute atomic E-state index is 6.08. The lowest BCUT2D eigenvalue weighted by molar-refractivity contribution is 0.109. The number of aromatic nitrogens is 3. The molecule has 2 aromatic rings. The van der Waals surface area contributed by atoms with Crippen molar-refractivity contribution in [3.8, 4) is 17.1 Å². The van der Waals surface area contributed by atoms with Gasteiger partial charge in [-0.15, -0.1) is 10.2 Å². The van der Waals surface area contributed by atoms with Gasteiger partial charge in [-0.3, -0.25) is 0 Å². The van der Waals surface area contributed by atoms with Gasteiger partial charge in [-0.2, -0.15) is 4.98 Å². The second-order valence-electron chi connectivity index (χ2n) is 4.81. The summed E-state index contributed by atoms with van der Waals surface area (Å²) in [6.45, 7) is 4.09. The summed E-state index contributed by atoms with van der Waals surface area (Å²) < 4.78 is 6.08. The zero-order chi connectivity index (χ0) is 14.2. The van der Waals surface area contributed by atoms with Crippen LogP contribution in [0.25, 0.3) is 11.3 Å². The Hall–Kier alpha value is -1.82. The average Bonchev–Trinajstić information content (AvgIpc) is 2.60. The highest BCUT2D eigenvalue weighted by Crippen LogP contribution is 2.39. The molecule has 2 heterocycles. The van der Waals surface area contributed by atoms with Crippen LogP contribution in [0.3, 0.4) is 0 Å². The molecule has 1 atom stereocenters. The van der Waals surface area contributed by atoms with Crippen molar-refractivity contribution in [2.24, 2.45) is 0 Å². The first-order chi connectivity index (χ1) is 9.65. The zero-order valence-electron chi connectivity index (χ0n) is 11.7. The molecule has 20 heavy (non-hydrogen) atoms. The van der Waals surface area contributed by atoms with Crippen molar-refractivity contribution >= 4 is 17.4 Å². The molecule has 1 aliphatic rings. The third kappa shape index (κ3) is 2.20. The molecule has 1 N–H and O–H groups in total. The van der Waals surface area contributed by atoms with Gasteiger partial charge in [0.1, 0.15) is 0 Å². The standard InChI is InChI=1S/C14H16N4OS/c1-4-14(2)16-10-8-6-5-7-9(10)11-12(19-14)15-13(20-3)18-17-11/h5-8,16H,4H2,1-3H3. The Labute approximate surface area is 122 Å². The Morgan fingerprint density at radius 2 is 2.10 bits per heavy atom. The number of ether oxygens (including phenoxy) is 1. The molecule has 104 valence electrons. The van der Waals surface area contributed by atoms with Crippen LogP contribution in [-0.2, 0) is 0 Å². The van der Waals surface area contributed by atoms with E-state index in [0.717, 1.165) is 17.7 Å². The fourth-order valence-corrected chi connectivity index (χ4v) is 2.40. The normalized spacial score (nSPS) is 20.1. The fraction of sp³-hybridized carbons (Fsp3) is 0.357. The van der Waals surface area contributed by atoms with Crippen LogP contribution in [0.5, 0.6) is 5.88 Å². The van der Waals surface area contributed by atoms with E-state index in [1.165, 1.54) is 11.8 Å². The van der Waals surface area contributed by atoms with E-state index in [4.69, 9.17) is 4.74 Å². The number of para-hydroxylation sites is 1. The van der Waals surface area contributed by atoms with Crippen LogP contribution in [0.15, 0.2) is 29.4 Å². The average molecular weight is 288 g/mol. The minimum Gasteiger partial charge on any atom is -0.450 e. The SMILES string of the molecule is CCC1(C)Nc2ccccc2-c2nnc(SC)nc2O1. The van der Waals surface area contributed by atoms with Gasteiger partial charge in [0, 0.05) is 17.7 Å². The molecule has 0 fully saturated rings. The van der Waals surface area contributed by atoms with E-state index in [-0.39, 0.29) is 0 Å². The highest BCUT2D eigenvalue weighted by molar-refractivity contribution is 7.98. The minimum atomic E-state index is -0.507. The lowest BCUT2D eigenvalue weighted by atomic mass is 10.1. The van der Waals surface area contributed by atoms with Crippen LogP contribution in [0.4, 0.5) is 5.69 Å². The van der Waals surface area contributed by atoms with Gasteiger partial charge in [0.2, 0.25) is 11.0 Å². The summed E-state index contributed by atoms with van der Waals surface area (Å²) in [6.07, 6.45) is 2.73. The highest BCUT2D eigenvalue weighted by atomic mass is 32.2. The molecule has 0 aliphatic carbocycles. The molecular weight excluding hydrogens is 272 g/mol. The summed E-state index contributed by atoms with van der Waals surface area (Å²) in [7, 11) is 0. The number of benzene rings is 1. The number of nitrogens with zero attached hydrogens (tertiary/aromatic N) is 3. The second kappa shape index (κ2) is 4.94. The van der Waals surface area contributed by atoms with Gasteiger partial charge >= 0.3 is 0 Å². The summed E-state index contributed by atoms with van der Waals surface area (Å²) >= 11 is 1.45. The van der Waals surface area contributed by atoms with Crippen LogP contribution in [-0.4, -0.2) is 27.2 Å². The zero-order valence-corrected chi connectivity index (χ0v) is 12.5. The molecule has 0 amide bonds. The first-order valence-corrected chi connectivity index (χ1v) is 7.73. The molecule has 0 saturated carbocycles. The largest absolute Gasteiger partial charge is 0.450 e. The van der Waals surface area contributed by atoms with E-state index in [9.17, 15) is 0 Å². The Morgan fingerprint density at radius 3 is 2.85 bits per heavy atom. The fourth-order valence-electron chi connectivity index (χ4n) is 2.11. The monoisotopic (exact) mass is 288 g/mol. The minimum absolute atomic E-state index is 0.507. The van der Waals surface area contributed by atoms with Crippen molar-refractivity contribution in [2.75, 3.05) is 11.6 Å². The van der Waals surface area contributed by atoms with Crippen molar-refractivity contribution in [1.82, 2.24) is 15.2 Å². The lowest BCUT2D eigenvalue weighted by Crippen LogP contribution is -2.40. The van der Waals surface area contributed by atoms with Crippen molar-refractivity contribution in [1.29, 1.82) is 0 Å². The van der Waals surface area contributed by atoms with Gasteiger partial charge in [-0.25, -0.2) is 0 Å². The summed E-state index contributed by atoms with van der Waals surface area (Å²) in [6, 6.07) is 7.99. The maximum Gasteiger partial charge on any atom is 0.247 e. The molecule has 1 aliphatic heterocycles. The van der Waals surface area contributed by atoms with Crippen LogP contribution in [0.2, 0.25) is 0 Å². The molecule has 1 aromatic heterocycles. The molecule has 0 bridgehead atoms. The summed E-state index contributed by atoms with van der Waals surface area (Å²) in [5.41, 5.74) is 2.13. The quantitative estimate of drug-likeness (QED) is 0.856. The molecule has 5 nitrogen and oxygen atoms in total. The maximum atomic E-state index is 6.08. The lowest BCUT2D eigenvalue weighted by Gasteiger charge is -2.29. The first-order valence-electron chi connectivity index (χ1n) is 6.50. The number of nitrogens with one attached hydrogen (secondary N) is 1. The summed E-state index contributed by atoms with van der Waals surface area (Å²) in [5, 5.41) is 12.5. The van der Waals surface area contributed by atoms with Gasteiger partial charge in [0.15, 0.2) is 11.4 Å². The van der Waals surface area contributed by atoms with E-state index >= 15 is 0 Å². The smallest absolute Gasteiger partial charge is 0.247 e. The molecular formula is C14H16N4OS. The third-order valence-electron chi connectivity index (χ3n) is 3.40. The Bertz CT molecular complexity index is 649. The van der Waals surface area contributed by atoms with Crippen LogP contribution >= 0.6 is 11.8 Å². The van der Waals surface area contributed by atoms with Crippen molar-refractivity contribution in [2.45, 2.75) is 31.1 Å². The van der Waals surface area contributed by atoms with E-state index in [1.807, 2.05) is 37.4 Å². The van der Waals surface area contributed by atoms with Gasteiger partial charge in [-0.05, 0) is 19.2 Å². The van der Waals surface area contributed by atoms with Crippen LogP contribution in [0, 0.1) is 0 Å². The van der Waals surface area contributed by atoms with Gasteiger partial charge in [0.25, 0.3) is 0 Å². The van der Waals surface area contributed by atoms with Crippen LogP contribution < -0.4 is 10.1 Å². The van der Waals surface area contributed by atoms with Crippen molar-refractivity contribution < 1.29 is 4.74 Å². The molecule has 6 heteroatoms. The molecule has 1 aromatic carbocycles. The molecule has 0 saturated heterocycles. The Morgan fingerprint density at radius 1 is 1.30 bits per heavy atom. The Balaban J connectivity index is 2.22. The van der Waals surface area contributed by atoms with E-state index in [1.54, 1.807) is 0 Å². The summed E-state index contributed by atoms with van der Waals surface area (Å²) in [4.78, 5) is 4.46. The van der Waals surface area contributed by atoms with Gasteiger partial charge in [-0.1, -0.05) is 36.9 Å². The molecule has 3 rings (SSSR count). The van der Waals surface area contributed by atoms with E-state index in [0.29, 0.717) is 16.7 Å². The third-order valence-corrected chi connectivity index (χ3v) is 3.93. The summed E-state index contributed by atoms with van der Waals surface area (Å²) in [5.74, 6) is 0.533. The van der Waals surface area contributed by atoms with Gasteiger partial charge in [0.05, 0.1) is 0 Å². The highest BCUT2D eigenvalue weighted by Gasteiger charge is 2.32. The topological polar surface area (TPSA) is 59.9 Å².